The van der Waals surface area contributed by atoms with E-state index in [4.69, 9.17) is 4.74 Å². The Morgan fingerprint density at radius 1 is 1.24 bits per heavy atom. The number of carbonyl (C=O) groups is 1. The molecule has 1 amide bonds. The molecule has 0 heterocycles. The molecule has 21 heavy (non-hydrogen) atoms. The van der Waals surface area contributed by atoms with Crippen molar-refractivity contribution in [1.29, 1.82) is 0 Å². The van der Waals surface area contributed by atoms with Gasteiger partial charge in [0.1, 0.15) is 5.75 Å². The van der Waals surface area contributed by atoms with Crippen molar-refractivity contribution in [2.75, 3.05) is 7.11 Å². The lowest BCUT2D eigenvalue weighted by Gasteiger charge is -2.38. The monoisotopic (exact) mass is 288 g/mol. The Hall–Kier alpha value is -1.55. The number of para-hydroxylation sites is 1. The summed E-state index contributed by atoms with van der Waals surface area (Å²) >= 11 is 0. The SMILES string of the molecule is COc1ccccc1C1CC(NC(C)C(=O)NC2CC2)C1. The van der Waals surface area contributed by atoms with Crippen LogP contribution in [0.15, 0.2) is 24.3 Å². The fraction of sp³-hybridized carbons (Fsp3) is 0.588. The minimum absolute atomic E-state index is 0.103. The van der Waals surface area contributed by atoms with Crippen molar-refractivity contribution in [2.45, 2.75) is 56.7 Å². The quantitative estimate of drug-likeness (QED) is 0.843. The highest BCUT2D eigenvalue weighted by Gasteiger charge is 2.34. The van der Waals surface area contributed by atoms with Gasteiger partial charge >= 0.3 is 0 Å². The van der Waals surface area contributed by atoms with E-state index < -0.39 is 0 Å². The summed E-state index contributed by atoms with van der Waals surface area (Å²) in [7, 11) is 1.72. The van der Waals surface area contributed by atoms with Crippen LogP contribution in [0.2, 0.25) is 0 Å². The molecule has 2 N–H and O–H groups in total. The van der Waals surface area contributed by atoms with E-state index in [1.54, 1.807) is 7.11 Å². The maximum atomic E-state index is 11.9. The maximum absolute atomic E-state index is 11.9. The van der Waals surface area contributed by atoms with Gasteiger partial charge in [-0.1, -0.05) is 18.2 Å². The van der Waals surface area contributed by atoms with E-state index in [0.717, 1.165) is 31.4 Å². The highest BCUT2D eigenvalue weighted by atomic mass is 16.5. The molecule has 0 aromatic heterocycles. The van der Waals surface area contributed by atoms with Crippen LogP contribution in [-0.4, -0.2) is 31.1 Å². The van der Waals surface area contributed by atoms with Gasteiger partial charge in [0.25, 0.3) is 0 Å². The maximum Gasteiger partial charge on any atom is 0.237 e. The van der Waals surface area contributed by atoms with Crippen LogP contribution in [0.25, 0.3) is 0 Å². The topological polar surface area (TPSA) is 50.4 Å². The number of hydrogen-bond acceptors (Lipinski definition) is 3. The van der Waals surface area contributed by atoms with Crippen molar-refractivity contribution in [1.82, 2.24) is 10.6 Å². The predicted molar refractivity (Wildman–Crippen MR) is 82.5 cm³/mol. The average Bonchev–Trinajstić information content (AvgIpc) is 3.26. The zero-order chi connectivity index (χ0) is 14.8. The van der Waals surface area contributed by atoms with Gasteiger partial charge in [0.2, 0.25) is 5.91 Å². The third kappa shape index (κ3) is 3.38. The van der Waals surface area contributed by atoms with Gasteiger partial charge in [-0.05, 0) is 50.2 Å². The van der Waals surface area contributed by atoms with E-state index in [-0.39, 0.29) is 11.9 Å². The fourth-order valence-electron chi connectivity index (χ4n) is 2.99. The molecule has 0 spiro atoms. The van der Waals surface area contributed by atoms with Crippen LogP contribution in [0.5, 0.6) is 5.75 Å². The molecular formula is C17H24N2O2. The summed E-state index contributed by atoms with van der Waals surface area (Å²) in [5, 5.41) is 6.48. The van der Waals surface area contributed by atoms with Gasteiger partial charge < -0.3 is 15.4 Å². The van der Waals surface area contributed by atoms with Crippen LogP contribution in [0.4, 0.5) is 0 Å². The molecule has 2 saturated carbocycles. The van der Waals surface area contributed by atoms with Crippen molar-refractivity contribution in [3.05, 3.63) is 29.8 Å². The molecule has 2 fully saturated rings. The molecule has 114 valence electrons. The van der Waals surface area contributed by atoms with Gasteiger partial charge in [-0.2, -0.15) is 0 Å². The fourth-order valence-corrected chi connectivity index (χ4v) is 2.99. The molecule has 0 aliphatic heterocycles. The van der Waals surface area contributed by atoms with Crippen LogP contribution in [0, 0.1) is 0 Å². The largest absolute Gasteiger partial charge is 0.496 e. The molecule has 1 aromatic carbocycles. The summed E-state index contributed by atoms with van der Waals surface area (Å²) in [6, 6.07) is 8.98. The van der Waals surface area contributed by atoms with Gasteiger partial charge in [-0.15, -0.1) is 0 Å². The van der Waals surface area contributed by atoms with E-state index >= 15 is 0 Å². The lowest BCUT2D eigenvalue weighted by atomic mass is 9.75. The van der Waals surface area contributed by atoms with E-state index in [1.165, 1.54) is 5.56 Å². The third-order valence-electron chi connectivity index (χ3n) is 4.52. The number of hydrogen-bond donors (Lipinski definition) is 2. The minimum Gasteiger partial charge on any atom is -0.496 e. The Morgan fingerprint density at radius 2 is 1.95 bits per heavy atom. The first-order chi connectivity index (χ1) is 10.2. The molecule has 2 aliphatic rings. The lowest BCUT2D eigenvalue weighted by molar-refractivity contribution is -0.123. The minimum atomic E-state index is -0.103. The standard InChI is InChI=1S/C17H24N2O2/c1-11(17(20)19-13-7-8-13)18-14-9-12(10-14)15-5-3-4-6-16(15)21-2/h3-6,11-14,18H,7-10H2,1-2H3,(H,19,20). The number of methoxy groups -OCH3 is 1. The number of benzene rings is 1. The number of nitrogens with one attached hydrogen (secondary N) is 2. The van der Waals surface area contributed by atoms with E-state index in [2.05, 4.69) is 22.8 Å². The second-order valence-electron chi connectivity index (χ2n) is 6.28. The first-order valence-corrected chi connectivity index (χ1v) is 7.86. The molecule has 1 unspecified atom stereocenters. The van der Waals surface area contributed by atoms with Gasteiger partial charge in [-0.3, -0.25) is 4.79 Å². The van der Waals surface area contributed by atoms with Crippen LogP contribution in [-0.2, 0) is 4.79 Å². The molecule has 1 aromatic rings. The summed E-state index contributed by atoms with van der Waals surface area (Å²) in [6.45, 7) is 1.95. The lowest BCUT2D eigenvalue weighted by Crippen LogP contribution is -2.51. The number of rotatable bonds is 6. The summed E-state index contributed by atoms with van der Waals surface area (Å²) < 4.78 is 5.42. The molecule has 1 atom stereocenters. The third-order valence-corrected chi connectivity index (χ3v) is 4.52. The van der Waals surface area contributed by atoms with E-state index in [0.29, 0.717) is 18.0 Å². The molecular weight excluding hydrogens is 264 g/mol. The Morgan fingerprint density at radius 3 is 2.62 bits per heavy atom. The highest BCUT2D eigenvalue weighted by Crippen LogP contribution is 2.41. The summed E-state index contributed by atoms with van der Waals surface area (Å²) in [5.41, 5.74) is 1.29. The van der Waals surface area contributed by atoms with Crippen LogP contribution >= 0.6 is 0 Å². The smallest absolute Gasteiger partial charge is 0.237 e. The Labute approximate surface area is 126 Å². The molecule has 0 bridgehead atoms. The molecule has 4 nitrogen and oxygen atoms in total. The van der Waals surface area contributed by atoms with Crippen molar-refractivity contribution in [3.8, 4) is 5.75 Å². The summed E-state index contributed by atoms with van der Waals surface area (Å²) in [4.78, 5) is 11.9. The van der Waals surface area contributed by atoms with Gasteiger partial charge in [-0.25, -0.2) is 0 Å². The number of ether oxygens (including phenoxy) is 1. The number of amides is 1. The first kappa shape index (κ1) is 14.4. The zero-order valence-electron chi connectivity index (χ0n) is 12.8. The molecule has 4 heteroatoms. The Balaban J connectivity index is 1.47. The normalized spacial score (nSPS) is 25.8. The highest BCUT2D eigenvalue weighted by molar-refractivity contribution is 5.81. The predicted octanol–water partition coefficient (Wildman–Crippen LogP) is 2.20. The molecule has 0 radical (unpaired) electrons. The molecule has 3 rings (SSSR count). The summed E-state index contributed by atoms with van der Waals surface area (Å²) in [5.74, 6) is 1.65. The van der Waals surface area contributed by atoms with E-state index in [9.17, 15) is 4.79 Å². The van der Waals surface area contributed by atoms with Crippen molar-refractivity contribution >= 4 is 5.91 Å². The van der Waals surface area contributed by atoms with Crippen molar-refractivity contribution < 1.29 is 9.53 Å². The number of carbonyl (C=O) groups excluding carboxylic acids is 1. The second kappa shape index (κ2) is 6.06. The van der Waals surface area contributed by atoms with Gasteiger partial charge in [0.15, 0.2) is 0 Å². The summed E-state index contributed by atoms with van der Waals surface area (Å²) in [6.07, 6.45) is 4.42. The first-order valence-electron chi connectivity index (χ1n) is 7.86. The van der Waals surface area contributed by atoms with Crippen LogP contribution in [0.3, 0.4) is 0 Å². The van der Waals surface area contributed by atoms with Crippen molar-refractivity contribution in [3.63, 3.8) is 0 Å². The Bertz CT molecular complexity index is 507. The molecule has 0 saturated heterocycles. The van der Waals surface area contributed by atoms with E-state index in [1.807, 2.05) is 19.1 Å². The average molecular weight is 288 g/mol. The Kier molecular flexibility index (Phi) is 4.15. The van der Waals surface area contributed by atoms with Gasteiger partial charge in [0, 0.05) is 12.1 Å². The van der Waals surface area contributed by atoms with Crippen LogP contribution in [0.1, 0.15) is 44.1 Å². The van der Waals surface area contributed by atoms with Crippen LogP contribution < -0.4 is 15.4 Å². The zero-order valence-corrected chi connectivity index (χ0v) is 12.8. The van der Waals surface area contributed by atoms with Crippen molar-refractivity contribution in [2.24, 2.45) is 0 Å². The van der Waals surface area contributed by atoms with Gasteiger partial charge in [0.05, 0.1) is 13.2 Å². The second-order valence-corrected chi connectivity index (χ2v) is 6.28. The molecule has 2 aliphatic carbocycles.